The Hall–Kier alpha value is -0.930. The van der Waals surface area contributed by atoms with Crippen LogP contribution in [0.15, 0.2) is 24.3 Å². The second kappa shape index (κ2) is 4.75. The standard InChI is InChI=1S/C12H12Cl2O3/c1-16-10-5-3-2-4-8(10)7-17-11(15)9-6-12(9,13)14/h2-5,9H,6-7H2,1H3. The molecule has 1 unspecified atom stereocenters. The number of ether oxygens (including phenoxy) is 2. The van der Waals surface area contributed by atoms with Crippen molar-refractivity contribution in [1.29, 1.82) is 0 Å². The van der Waals surface area contributed by atoms with Crippen molar-refractivity contribution in [1.82, 2.24) is 0 Å². The molecule has 2 rings (SSSR count). The van der Waals surface area contributed by atoms with Gasteiger partial charge in [-0.15, -0.1) is 23.2 Å². The molecule has 1 aliphatic rings. The smallest absolute Gasteiger partial charge is 0.312 e. The molecule has 0 radical (unpaired) electrons. The first-order chi connectivity index (χ1) is 8.04. The third kappa shape index (κ3) is 2.85. The number of carbonyl (C=O) groups is 1. The zero-order valence-electron chi connectivity index (χ0n) is 9.28. The van der Waals surface area contributed by atoms with Gasteiger partial charge >= 0.3 is 5.97 Å². The first-order valence-electron chi connectivity index (χ1n) is 5.21. The molecular weight excluding hydrogens is 263 g/mol. The highest BCUT2D eigenvalue weighted by Gasteiger charge is 2.57. The third-order valence-electron chi connectivity index (χ3n) is 2.67. The molecule has 3 nitrogen and oxygen atoms in total. The van der Waals surface area contributed by atoms with Gasteiger partial charge in [0.1, 0.15) is 16.7 Å². The quantitative estimate of drug-likeness (QED) is 0.626. The van der Waals surface area contributed by atoms with Gasteiger partial charge in [0.25, 0.3) is 0 Å². The Labute approximate surface area is 110 Å². The Bertz CT molecular complexity index is 432. The van der Waals surface area contributed by atoms with Crippen molar-refractivity contribution in [3.63, 3.8) is 0 Å². The van der Waals surface area contributed by atoms with Gasteiger partial charge in [-0.05, 0) is 12.5 Å². The fourth-order valence-electron chi connectivity index (χ4n) is 1.54. The molecule has 0 aromatic heterocycles. The van der Waals surface area contributed by atoms with E-state index in [-0.39, 0.29) is 12.6 Å². The molecule has 0 bridgehead atoms. The summed E-state index contributed by atoms with van der Waals surface area (Å²) in [5.74, 6) is -0.0689. The molecule has 0 saturated heterocycles. The molecular formula is C12H12Cl2O3. The second-order valence-corrected chi connectivity index (χ2v) is 5.48. The molecule has 0 aliphatic heterocycles. The van der Waals surface area contributed by atoms with Crippen molar-refractivity contribution in [3.8, 4) is 5.75 Å². The van der Waals surface area contributed by atoms with E-state index in [0.717, 1.165) is 5.56 Å². The van der Waals surface area contributed by atoms with Gasteiger partial charge in [0, 0.05) is 5.56 Å². The topological polar surface area (TPSA) is 35.5 Å². The summed E-state index contributed by atoms with van der Waals surface area (Å²) < 4.78 is 9.36. The zero-order chi connectivity index (χ0) is 12.5. The molecule has 1 aromatic rings. The van der Waals surface area contributed by atoms with Crippen LogP contribution in [0.1, 0.15) is 12.0 Å². The van der Waals surface area contributed by atoms with Crippen LogP contribution >= 0.6 is 23.2 Å². The lowest BCUT2D eigenvalue weighted by Crippen LogP contribution is -2.11. The van der Waals surface area contributed by atoms with Crippen LogP contribution in [0.2, 0.25) is 0 Å². The van der Waals surface area contributed by atoms with Crippen LogP contribution in [-0.4, -0.2) is 17.4 Å². The highest BCUT2D eigenvalue weighted by Crippen LogP contribution is 2.53. The summed E-state index contributed by atoms with van der Waals surface area (Å²) in [6.45, 7) is 0.170. The summed E-state index contributed by atoms with van der Waals surface area (Å²) in [7, 11) is 1.57. The van der Waals surface area contributed by atoms with Gasteiger partial charge in [-0.2, -0.15) is 0 Å². The fraction of sp³-hybridized carbons (Fsp3) is 0.417. The van der Waals surface area contributed by atoms with Gasteiger partial charge in [-0.3, -0.25) is 4.79 Å². The molecule has 0 heterocycles. The third-order valence-corrected chi connectivity index (χ3v) is 3.51. The molecule has 5 heteroatoms. The second-order valence-electron chi connectivity index (χ2n) is 3.94. The fourth-order valence-corrected chi connectivity index (χ4v) is 2.03. The summed E-state index contributed by atoms with van der Waals surface area (Å²) in [4.78, 5) is 11.6. The number of esters is 1. The van der Waals surface area contributed by atoms with Gasteiger partial charge < -0.3 is 9.47 Å². The minimum atomic E-state index is -0.933. The van der Waals surface area contributed by atoms with Crippen molar-refractivity contribution in [2.75, 3.05) is 7.11 Å². The summed E-state index contributed by atoms with van der Waals surface area (Å²) >= 11 is 11.6. The van der Waals surface area contributed by atoms with Crippen LogP contribution in [0.5, 0.6) is 5.75 Å². The number of rotatable bonds is 4. The van der Waals surface area contributed by atoms with Crippen molar-refractivity contribution in [2.24, 2.45) is 5.92 Å². The number of para-hydroxylation sites is 1. The van der Waals surface area contributed by atoms with Gasteiger partial charge in [-0.1, -0.05) is 18.2 Å². The van der Waals surface area contributed by atoms with E-state index in [1.54, 1.807) is 7.11 Å². The molecule has 0 spiro atoms. The molecule has 1 fully saturated rings. The van der Waals surface area contributed by atoms with Crippen molar-refractivity contribution in [2.45, 2.75) is 17.4 Å². The van der Waals surface area contributed by atoms with Crippen LogP contribution in [0.3, 0.4) is 0 Å². The van der Waals surface area contributed by atoms with Crippen molar-refractivity contribution in [3.05, 3.63) is 29.8 Å². The summed E-state index contributed by atoms with van der Waals surface area (Å²) in [6, 6.07) is 7.37. The molecule has 17 heavy (non-hydrogen) atoms. The average Bonchev–Trinajstić information content (AvgIpc) is 2.96. The van der Waals surface area contributed by atoms with E-state index in [4.69, 9.17) is 32.7 Å². The largest absolute Gasteiger partial charge is 0.496 e. The van der Waals surface area contributed by atoms with E-state index in [0.29, 0.717) is 12.2 Å². The van der Waals surface area contributed by atoms with Gasteiger partial charge in [0.2, 0.25) is 0 Å². The minimum absolute atomic E-state index is 0.170. The van der Waals surface area contributed by atoms with Crippen LogP contribution in [0.25, 0.3) is 0 Å². The number of hydrogen-bond donors (Lipinski definition) is 0. The number of halogens is 2. The van der Waals surface area contributed by atoms with E-state index in [9.17, 15) is 4.79 Å². The summed E-state index contributed by atoms with van der Waals surface area (Å²) in [5.41, 5.74) is 0.818. The molecule has 92 valence electrons. The van der Waals surface area contributed by atoms with E-state index in [1.165, 1.54) is 0 Å². The van der Waals surface area contributed by atoms with Crippen molar-refractivity contribution >= 4 is 29.2 Å². The Morgan fingerprint density at radius 1 is 1.47 bits per heavy atom. The zero-order valence-corrected chi connectivity index (χ0v) is 10.8. The molecule has 1 saturated carbocycles. The molecule has 1 atom stereocenters. The predicted octanol–water partition coefficient (Wildman–Crippen LogP) is 2.93. The van der Waals surface area contributed by atoms with Gasteiger partial charge in [0.05, 0.1) is 13.0 Å². The number of benzene rings is 1. The maximum Gasteiger partial charge on any atom is 0.312 e. The Kier molecular flexibility index (Phi) is 3.50. The van der Waals surface area contributed by atoms with Crippen LogP contribution in [0, 0.1) is 5.92 Å². The monoisotopic (exact) mass is 274 g/mol. The lowest BCUT2D eigenvalue weighted by Gasteiger charge is -2.09. The molecule has 1 aliphatic carbocycles. The van der Waals surface area contributed by atoms with Crippen LogP contribution in [-0.2, 0) is 16.1 Å². The van der Waals surface area contributed by atoms with E-state index >= 15 is 0 Å². The Morgan fingerprint density at radius 3 is 2.71 bits per heavy atom. The molecule has 0 N–H and O–H groups in total. The Morgan fingerprint density at radius 2 is 2.12 bits per heavy atom. The van der Waals surface area contributed by atoms with Crippen LogP contribution in [0.4, 0.5) is 0 Å². The van der Waals surface area contributed by atoms with Crippen LogP contribution < -0.4 is 4.74 Å². The lowest BCUT2D eigenvalue weighted by molar-refractivity contribution is -0.146. The van der Waals surface area contributed by atoms with E-state index in [1.807, 2.05) is 24.3 Å². The van der Waals surface area contributed by atoms with Gasteiger partial charge in [-0.25, -0.2) is 0 Å². The average molecular weight is 275 g/mol. The number of carbonyl (C=O) groups excluding carboxylic acids is 1. The highest BCUT2D eigenvalue weighted by atomic mass is 35.5. The van der Waals surface area contributed by atoms with E-state index < -0.39 is 10.3 Å². The number of hydrogen-bond acceptors (Lipinski definition) is 3. The maximum atomic E-state index is 11.6. The highest BCUT2D eigenvalue weighted by molar-refractivity contribution is 6.52. The van der Waals surface area contributed by atoms with E-state index in [2.05, 4.69) is 0 Å². The number of alkyl halides is 2. The maximum absolute atomic E-state index is 11.6. The summed E-state index contributed by atoms with van der Waals surface area (Å²) in [6.07, 6.45) is 0.459. The summed E-state index contributed by atoms with van der Waals surface area (Å²) in [5, 5.41) is 0. The molecule has 0 amide bonds. The van der Waals surface area contributed by atoms with Crippen molar-refractivity contribution < 1.29 is 14.3 Å². The first kappa shape index (κ1) is 12.5. The first-order valence-corrected chi connectivity index (χ1v) is 5.96. The minimum Gasteiger partial charge on any atom is -0.496 e. The lowest BCUT2D eigenvalue weighted by atomic mass is 10.2. The number of methoxy groups -OCH3 is 1. The normalized spacial score (nSPS) is 20.8. The SMILES string of the molecule is COc1ccccc1COC(=O)C1CC1(Cl)Cl. The Balaban J connectivity index is 1.92. The predicted molar refractivity (Wildman–Crippen MR) is 65.3 cm³/mol. The van der Waals surface area contributed by atoms with Gasteiger partial charge in [0.15, 0.2) is 0 Å². The molecule has 1 aromatic carbocycles.